The molecule has 9 heavy (non-hydrogen) atoms. The van der Waals surface area contributed by atoms with Gasteiger partial charge in [-0.25, -0.2) is 8.42 Å². The van der Waals surface area contributed by atoms with Crippen molar-refractivity contribution in [3.05, 3.63) is 0 Å². The molecular formula is C3H9ClNNaO2S. The molecule has 52 valence electrons. The van der Waals surface area contributed by atoms with Gasteiger partial charge in [0, 0.05) is 0 Å². The van der Waals surface area contributed by atoms with Gasteiger partial charge in [0.25, 0.3) is 0 Å². The van der Waals surface area contributed by atoms with E-state index in [0.29, 0.717) is 0 Å². The summed E-state index contributed by atoms with van der Waals surface area (Å²) in [6, 6.07) is 0. The SMILES string of the molecule is CC(C)S(=O)(=O)NCl.[NaH]. The summed E-state index contributed by atoms with van der Waals surface area (Å²) in [5.74, 6) is 0. The molecule has 0 radical (unpaired) electrons. The summed E-state index contributed by atoms with van der Waals surface area (Å²) in [5, 5.41) is -0.458. The summed E-state index contributed by atoms with van der Waals surface area (Å²) < 4.78 is 22.6. The number of sulfonamides is 1. The Kier molecular flexibility index (Phi) is 7.04. The Morgan fingerprint density at radius 2 is 1.78 bits per heavy atom. The second-order valence-corrected chi connectivity index (χ2v) is 4.32. The van der Waals surface area contributed by atoms with Gasteiger partial charge in [-0.1, -0.05) is 0 Å². The van der Waals surface area contributed by atoms with Crippen molar-refractivity contribution >= 4 is 51.4 Å². The van der Waals surface area contributed by atoms with Gasteiger partial charge in [0.15, 0.2) is 0 Å². The second-order valence-electron chi connectivity index (χ2n) is 1.67. The van der Waals surface area contributed by atoms with Gasteiger partial charge in [0.1, 0.15) is 0 Å². The first kappa shape index (κ1) is 12.8. The van der Waals surface area contributed by atoms with Crippen LogP contribution in [-0.2, 0) is 10.0 Å². The fraction of sp³-hybridized carbons (Fsp3) is 1.00. The van der Waals surface area contributed by atoms with Gasteiger partial charge in [0.05, 0.1) is 5.25 Å². The average Bonchev–Trinajstić information content (AvgIpc) is 1.67. The van der Waals surface area contributed by atoms with E-state index in [0.717, 1.165) is 0 Å². The van der Waals surface area contributed by atoms with Crippen LogP contribution in [0.1, 0.15) is 13.8 Å². The van der Waals surface area contributed by atoms with Crippen LogP contribution in [0.3, 0.4) is 0 Å². The first-order valence-corrected chi connectivity index (χ1v) is 4.04. The zero-order valence-corrected chi connectivity index (χ0v) is 6.25. The molecule has 0 rings (SSSR count). The molecule has 0 fully saturated rings. The van der Waals surface area contributed by atoms with E-state index in [4.69, 9.17) is 11.8 Å². The van der Waals surface area contributed by atoms with E-state index in [-0.39, 0.29) is 29.6 Å². The molecule has 0 atom stereocenters. The predicted octanol–water partition coefficient (Wildman–Crippen LogP) is -0.180. The van der Waals surface area contributed by atoms with Crippen molar-refractivity contribution in [2.24, 2.45) is 0 Å². The van der Waals surface area contributed by atoms with Crippen LogP contribution in [0.4, 0.5) is 0 Å². The third kappa shape index (κ3) is 4.58. The van der Waals surface area contributed by atoms with Gasteiger partial charge >= 0.3 is 29.6 Å². The van der Waals surface area contributed by atoms with Crippen LogP contribution in [0.5, 0.6) is 0 Å². The third-order valence-electron chi connectivity index (χ3n) is 0.728. The second kappa shape index (κ2) is 4.93. The first-order chi connectivity index (χ1) is 3.50. The van der Waals surface area contributed by atoms with Gasteiger partial charge in [-0.2, -0.15) is 0 Å². The summed E-state index contributed by atoms with van der Waals surface area (Å²) in [7, 11) is -3.22. The van der Waals surface area contributed by atoms with Crippen LogP contribution in [0.15, 0.2) is 0 Å². The van der Waals surface area contributed by atoms with E-state index in [1.54, 1.807) is 18.1 Å². The van der Waals surface area contributed by atoms with Gasteiger partial charge in [-0.05, 0) is 25.6 Å². The monoisotopic (exact) mass is 181 g/mol. The Bertz CT molecular complexity index is 155. The molecule has 0 aromatic carbocycles. The standard InChI is InChI=1S/C3H8ClNO2S.Na.H/c1-3(2)8(6,7)5-4;;/h3,5H,1-2H3;;. The fourth-order valence-corrected chi connectivity index (χ4v) is 0.802. The van der Waals surface area contributed by atoms with E-state index >= 15 is 0 Å². The van der Waals surface area contributed by atoms with E-state index in [1.165, 1.54) is 0 Å². The molecule has 0 saturated carbocycles. The van der Waals surface area contributed by atoms with Crippen molar-refractivity contribution in [1.82, 2.24) is 4.24 Å². The molecule has 0 heterocycles. The molecule has 0 aliphatic carbocycles. The molecule has 1 N–H and O–H groups in total. The Balaban J connectivity index is 0. The summed E-state index contributed by atoms with van der Waals surface area (Å²) in [5.41, 5.74) is 0. The number of hydrogen-bond donors (Lipinski definition) is 1. The predicted molar refractivity (Wildman–Crippen MR) is 40.2 cm³/mol. The summed E-state index contributed by atoms with van der Waals surface area (Å²) >= 11 is 4.85. The zero-order chi connectivity index (χ0) is 6.78. The molecule has 0 saturated heterocycles. The van der Waals surface area contributed by atoms with Crippen LogP contribution in [0.25, 0.3) is 0 Å². The normalized spacial score (nSPS) is 11.1. The van der Waals surface area contributed by atoms with Crippen LogP contribution < -0.4 is 4.24 Å². The number of rotatable bonds is 2. The number of nitrogens with one attached hydrogen (secondary N) is 1. The van der Waals surface area contributed by atoms with E-state index in [2.05, 4.69) is 0 Å². The molecule has 3 nitrogen and oxygen atoms in total. The zero-order valence-electron chi connectivity index (χ0n) is 4.68. The maximum atomic E-state index is 10.5. The van der Waals surface area contributed by atoms with Gasteiger partial charge in [0.2, 0.25) is 10.0 Å². The molecule has 6 heteroatoms. The summed E-state index contributed by atoms with van der Waals surface area (Å²) in [6.07, 6.45) is 0. The average molecular weight is 182 g/mol. The minimum absolute atomic E-state index is 0. The van der Waals surface area contributed by atoms with Crippen molar-refractivity contribution in [2.75, 3.05) is 0 Å². The summed E-state index contributed by atoms with van der Waals surface area (Å²) in [6.45, 7) is 3.09. The van der Waals surface area contributed by atoms with Crippen LogP contribution in [-0.4, -0.2) is 43.2 Å². The van der Waals surface area contributed by atoms with E-state index in [1.807, 2.05) is 0 Å². The molecule has 0 spiro atoms. The van der Waals surface area contributed by atoms with E-state index < -0.39 is 15.3 Å². The Labute approximate surface area is 82.6 Å². The van der Waals surface area contributed by atoms with E-state index in [9.17, 15) is 8.42 Å². The van der Waals surface area contributed by atoms with Crippen molar-refractivity contribution in [1.29, 1.82) is 0 Å². The van der Waals surface area contributed by atoms with Crippen LogP contribution >= 0.6 is 11.8 Å². The minimum atomic E-state index is -3.22. The maximum absolute atomic E-state index is 10.5. The third-order valence-corrected chi connectivity index (χ3v) is 2.83. The van der Waals surface area contributed by atoms with Crippen LogP contribution in [0.2, 0.25) is 0 Å². The van der Waals surface area contributed by atoms with Gasteiger partial charge in [-0.3, -0.25) is 0 Å². The van der Waals surface area contributed by atoms with Crippen molar-refractivity contribution in [3.63, 3.8) is 0 Å². The van der Waals surface area contributed by atoms with Gasteiger partial charge < -0.3 is 0 Å². The molecule has 0 aliphatic rings. The van der Waals surface area contributed by atoms with Crippen molar-refractivity contribution in [3.8, 4) is 0 Å². The van der Waals surface area contributed by atoms with Gasteiger partial charge in [-0.15, -0.1) is 4.24 Å². The fourth-order valence-electron chi connectivity index (χ4n) is 0.0891. The first-order valence-electron chi connectivity index (χ1n) is 2.12. The molecule has 0 amide bonds. The Morgan fingerprint density at radius 1 is 1.44 bits per heavy atom. The summed E-state index contributed by atoms with van der Waals surface area (Å²) in [4.78, 5) is 0. The molecule has 0 bridgehead atoms. The van der Waals surface area contributed by atoms with Crippen molar-refractivity contribution in [2.45, 2.75) is 19.1 Å². The molecule has 0 aromatic heterocycles. The number of halogens is 1. The molecule has 0 aromatic rings. The topological polar surface area (TPSA) is 46.2 Å². The molecular weight excluding hydrogens is 173 g/mol. The Morgan fingerprint density at radius 3 is 1.78 bits per heavy atom. The molecule has 0 aliphatic heterocycles. The Hall–Kier alpha value is 1.20. The molecule has 0 unspecified atom stereocenters. The van der Waals surface area contributed by atoms with Crippen molar-refractivity contribution < 1.29 is 8.42 Å². The van der Waals surface area contributed by atoms with Crippen LogP contribution in [0, 0.1) is 0 Å². The number of hydrogen-bond acceptors (Lipinski definition) is 2. The quantitative estimate of drug-likeness (QED) is 0.475.